The number of hydrogen-bond donors (Lipinski definition) is 1. The van der Waals surface area contributed by atoms with Gasteiger partial charge in [-0.05, 0) is 0 Å². The van der Waals surface area contributed by atoms with Gasteiger partial charge >= 0.3 is 0 Å². The number of ether oxygens (including phenoxy) is 1. The summed E-state index contributed by atoms with van der Waals surface area (Å²) in [6, 6.07) is 0. The van der Waals surface area contributed by atoms with Gasteiger partial charge in [-0.3, -0.25) is 0 Å². The SMILES string of the molecule is COCCNCCSC(C)(C)C. The van der Waals surface area contributed by atoms with Crippen molar-refractivity contribution in [3.63, 3.8) is 0 Å². The topological polar surface area (TPSA) is 21.3 Å². The molecule has 0 aromatic carbocycles. The Labute approximate surface area is 80.4 Å². The van der Waals surface area contributed by atoms with E-state index in [1.54, 1.807) is 7.11 Å². The van der Waals surface area contributed by atoms with E-state index in [4.69, 9.17) is 4.74 Å². The largest absolute Gasteiger partial charge is 0.383 e. The van der Waals surface area contributed by atoms with Gasteiger partial charge in [-0.15, -0.1) is 0 Å². The van der Waals surface area contributed by atoms with E-state index < -0.39 is 0 Å². The molecular weight excluding hydrogens is 170 g/mol. The monoisotopic (exact) mass is 191 g/mol. The second-order valence-corrected chi connectivity index (χ2v) is 5.63. The number of hydrogen-bond acceptors (Lipinski definition) is 3. The van der Waals surface area contributed by atoms with Crippen LogP contribution < -0.4 is 5.32 Å². The first kappa shape index (κ1) is 12.3. The van der Waals surface area contributed by atoms with E-state index in [-0.39, 0.29) is 0 Å². The minimum atomic E-state index is 0.392. The van der Waals surface area contributed by atoms with E-state index >= 15 is 0 Å². The highest BCUT2D eigenvalue weighted by Gasteiger charge is 2.08. The van der Waals surface area contributed by atoms with Crippen LogP contribution in [0.25, 0.3) is 0 Å². The lowest BCUT2D eigenvalue weighted by molar-refractivity contribution is 0.200. The van der Waals surface area contributed by atoms with Crippen LogP contribution >= 0.6 is 11.8 Å². The molecule has 74 valence electrons. The first-order valence-corrected chi connectivity index (χ1v) is 5.38. The van der Waals surface area contributed by atoms with Crippen LogP contribution in [0, 0.1) is 0 Å². The molecular formula is C9H21NOS. The third-order valence-electron chi connectivity index (χ3n) is 1.30. The van der Waals surface area contributed by atoms with Gasteiger partial charge in [0, 0.05) is 30.7 Å². The summed E-state index contributed by atoms with van der Waals surface area (Å²) in [6.07, 6.45) is 0. The summed E-state index contributed by atoms with van der Waals surface area (Å²) in [4.78, 5) is 0. The fourth-order valence-electron chi connectivity index (χ4n) is 0.729. The van der Waals surface area contributed by atoms with Crippen LogP contribution in [0.4, 0.5) is 0 Å². The van der Waals surface area contributed by atoms with E-state index in [0.717, 1.165) is 19.7 Å². The van der Waals surface area contributed by atoms with Gasteiger partial charge in [-0.1, -0.05) is 20.8 Å². The summed E-state index contributed by atoms with van der Waals surface area (Å²) in [5.41, 5.74) is 0. The van der Waals surface area contributed by atoms with Gasteiger partial charge in [-0.2, -0.15) is 11.8 Å². The molecule has 0 saturated carbocycles. The zero-order valence-corrected chi connectivity index (χ0v) is 9.46. The summed E-state index contributed by atoms with van der Waals surface area (Å²) >= 11 is 1.99. The summed E-state index contributed by atoms with van der Waals surface area (Å²) in [7, 11) is 1.73. The zero-order valence-electron chi connectivity index (χ0n) is 8.64. The molecule has 0 heterocycles. The van der Waals surface area contributed by atoms with Gasteiger partial charge in [0.05, 0.1) is 6.61 Å². The van der Waals surface area contributed by atoms with Gasteiger partial charge in [-0.25, -0.2) is 0 Å². The maximum absolute atomic E-state index is 4.92. The first-order chi connectivity index (χ1) is 5.56. The lowest BCUT2D eigenvalue weighted by Gasteiger charge is -2.17. The Balaban J connectivity index is 3.01. The molecule has 0 radical (unpaired) electrons. The van der Waals surface area contributed by atoms with E-state index in [1.165, 1.54) is 5.75 Å². The predicted molar refractivity (Wildman–Crippen MR) is 57.0 cm³/mol. The smallest absolute Gasteiger partial charge is 0.0587 e. The van der Waals surface area contributed by atoms with Crippen molar-refractivity contribution in [2.45, 2.75) is 25.5 Å². The summed E-state index contributed by atoms with van der Waals surface area (Å²) in [5, 5.41) is 3.31. The van der Waals surface area contributed by atoms with E-state index in [2.05, 4.69) is 26.1 Å². The highest BCUT2D eigenvalue weighted by Crippen LogP contribution is 2.21. The molecule has 12 heavy (non-hydrogen) atoms. The van der Waals surface area contributed by atoms with E-state index in [9.17, 15) is 0 Å². The van der Waals surface area contributed by atoms with Crippen molar-refractivity contribution >= 4 is 11.8 Å². The van der Waals surface area contributed by atoms with Gasteiger partial charge in [0.15, 0.2) is 0 Å². The fraction of sp³-hybridized carbons (Fsp3) is 1.00. The van der Waals surface area contributed by atoms with Crippen LogP contribution in [0.5, 0.6) is 0 Å². The van der Waals surface area contributed by atoms with Gasteiger partial charge in [0.1, 0.15) is 0 Å². The minimum absolute atomic E-state index is 0.392. The second-order valence-electron chi connectivity index (χ2n) is 3.70. The molecule has 0 aliphatic rings. The predicted octanol–water partition coefficient (Wildman–Crippen LogP) is 1.75. The summed E-state index contributed by atoms with van der Waals surface area (Å²) in [5.74, 6) is 1.17. The van der Waals surface area contributed by atoms with Crippen molar-refractivity contribution in [3.8, 4) is 0 Å². The average molecular weight is 191 g/mol. The number of rotatable bonds is 6. The molecule has 0 rings (SSSR count). The first-order valence-electron chi connectivity index (χ1n) is 4.40. The maximum Gasteiger partial charge on any atom is 0.0587 e. The second kappa shape index (κ2) is 6.75. The average Bonchev–Trinajstić information content (AvgIpc) is 1.94. The van der Waals surface area contributed by atoms with Gasteiger partial charge in [0.2, 0.25) is 0 Å². The van der Waals surface area contributed by atoms with E-state index in [1.807, 2.05) is 11.8 Å². The third kappa shape index (κ3) is 10.3. The number of nitrogens with one attached hydrogen (secondary N) is 1. The Kier molecular flexibility index (Phi) is 6.90. The number of methoxy groups -OCH3 is 1. The normalized spacial score (nSPS) is 12.0. The summed E-state index contributed by atoms with van der Waals surface area (Å²) in [6.45, 7) is 9.57. The van der Waals surface area contributed by atoms with Crippen LogP contribution in [0.15, 0.2) is 0 Å². The molecule has 0 aliphatic heterocycles. The Morgan fingerprint density at radius 2 is 1.92 bits per heavy atom. The van der Waals surface area contributed by atoms with Crippen LogP contribution in [-0.2, 0) is 4.74 Å². The highest BCUT2D eigenvalue weighted by molar-refractivity contribution is 8.00. The van der Waals surface area contributed by atoms with Crippen molar-refractivity contribution in [2.75, 3.05) is 32.6 Å². The molecule has 0 unspecified atom stereocenters. The zero-order chi connectivity index (χ0) is 9.45. The van der Waals surface area contributed by atoms with Gasteiger partial charge in [0.25, 0.3) is 0 Å². The molecule has 2 nitrogen and oxygen atoms in total. The van der Waals surface area contributed by atoms with Crippen LogP contribution in [0.2, 0.25) is 0 Å². The lowest BCUT2D eigenvalue weighted by Crippen LogP contribution is -2.23. The van der Waals surface area contributed by atoms with Crippen LogP contribution in [0.1, 0.15) is 20.8 Å². The highest BCUT2D eigenvalue weighted by atomic mass is 32.2. The molecule has 0 aromatic heterocycles. The molecule has 0 atom stereocenters. The molecule has 0 bridgehead atoms. The minimum Gasteiger partial charge on any atom is -0.383 e. The van der Waals surface area contributed by atoms with Crippen molar-refractivity contribution in [3.05, 3.63) is 0 Å². The fourth-order valence-corrected chi connectivity index (χ4v) is 1.59. The molecule has 0 spiro atoms. The molecule has 0 saturated heterocycles. The standard InChI is InChI=1S/C9H21NOS/c1-9(2,3)12-8-6-10-5-7-11-4/h10H,5-8H2,1-4H3. The van der Waals surface area contributed by atoms with Crippen molar-refractivity contribution in [1.82, 2.24) is 5.32 Å². The Hall–Kier alpha value is 0.270. The van der Waals surface area contributed by atoms with Crippen molar-refractivity contribution < 1.29 is 4.74 Å². The third-order valence-corrected chi connectivity index (χ3v) is 2.57. The van der Waals surface area contributed by atoms with Crippen molar-refractivity contribution in [2.24, 2.45) is 0 Å². The van der Waals surface area contributed by atoms with E-state index in [0.29, 0.717) is 4.75 Å². The molecule has 0 fully saturated rings. The van der Waals surface area contributed by atoms with Crippen molar-refractivity contribution in [1.29, 1.82) is 0 Å². The molecule has 0 aromatic rings. The van der Waals surface area contributed by atoms with Gasteiger partial charge < -0.3 is 10.1 Å². The Bertz CT molecular complexity index is 101. The summed E-state index contributed by atoms with van der Waals surface area (Å²) < 4.78 is 5.31. The number of thioether (sulfide) groups is 1. The molecule has 3 heteroatoms. The Morgan fingerprint density at radius 3 is 2.42 bits per heavy atom. The molecule has 0 aliphatic carbocycles. The van der Waals surface area contributed by atoms with Crippen LogP contribution in [-0.4, -0.2) is 37.3 Å². The lowest BCUT2D eigenvalue weighted by atomic mass is 10.3. The molecule has 1 N–H and O–H groups in total. The van der Waals surface area contributed by atoms with Crippen LogP contribution in [0.3, 0.4) is 0 Å². The maximum atomic E-state index is 4.92. The quantitative estimate of drug-likeness (QED) is 0.646. The Morgan fingerprint density at radius 1 is 1.25 bits per heavy atom. The molecule has 0 amide bonds.